The Labute approximate surface area is 196 Å². The number of halogens is 2. The van der Waals surface area contributed by atoms with E-state index in [0.717, 1.165) is 11.0 Å². The molecule has 34 heavy (non-hydrogen) atoms. The fraction of sp³-hybridized carbons (Fsp3) is 0.304. The molecular formula is C23H25F2N3O5S. The van der Waals surface area contributed by atoms with Gasteiger partial charge in [-0.2, -0.15) is 8.78 Å². The van der Waals surface area contributed by atoms with Crippen molar-refractivity contribution < 1.29 is 31.5 Å². The van der Waals surface area contributed by atoms with Gasteiger partial charge >= 0.3 is 6.61 Å². The fourth-order valence-electron chi connectivity index (χ4n) is 3.41. The largest absolute Gasteiger partial charge is 0.434 e. The summed E-state index contributed by atoms with van der Waals surface area (Å²) in [6.07, 6.45) is 1.43. The maximum absolute atomic E-state index is 12.7. The standard InChI is InChI=1S/C23H25F2N3O5S/c24-23(25)33-20-9-5-4-8-19(20)22(30)28-15-13-27(14-16-28)21(29)10-12-26-34(31,32)17-11-18-6-2-1-3-7-18/h1-9,11,17,23,26H,10,12-16H2/b17-11+. The molecule has 0 saturated carbocycles. The van der Waals surface area contributed by atoms with Crippen molar-refractivity contribution in [3.8, 4) is 5.75 Å². The number of hydrogen-bond donors (Lipinski definition) is 1. The third-order valence-corrected chi connectivity index (χ3v) is 6.24. The van der Waals surface area contributed by atoms with Crippen LogP contribution in [0.3, 0.4) is 0 Å². The highest BCUT2D eigenvalue weighted by Crippen LogP contribution is 2.22. The van der Waals surface area contributed by atoms with E-state index in [1.807, 2.05) is 6.07 Å². The van der Waals surface area contributed by atoms with Crippen LogP contribution >= 0.6 is 0 Å². The number of piperazine rings is 1. The minimum absolute atomic E-state index is 0.0283. The van der Waals surface area contributed by atoms with E-state index in [2.05, 4.69) is 9.46 Å². The van der Waals surface area contributed by atoms with Crippen molar-refractivity contribution >= 4 is 27.9 Å². The number of nitrogens with zero attached hydrogens (tertiary/aromatic N) is 2. The number of ether oxygens (including phenoxy) is 1. The van der Waals surface area contributed by atoms with Crippen molar-refractivity contribution in [2.24, 2.45) is 0 Å². The average Bonchev–Trinajstić information content (AvgIpc) is 2.83. The topological polar surface area (TPSA) is 96.0 Å². The Morgan fingerprint density at radius 1 is 0.971 bits per heavy atom. The van der Waals surface area contributed by atoms with E-state index in [9.17, 15) is 26.8 Å². The van der Waals surface area contributed by atoms with Gasteiger partial charge < -0.3 is 14.5 Å². The van der Waals surface area contributed by atoms with Gasteiger partial charge in [0.05, 0.1) is 5.56 Å². The van der Waals surface area contributed by atoms with Gasteiger partial charge in [0.2, 0.25) is 15.9 Å². The minimum Gasteiger partial charge on any atom is -0.434 e. The first-order valence-corrected chi connectivity index (χ1v) is 12.1. The van der Waals surface area contributed by atoms with Crippen LogP contribution in [0.5, 0.6) is 5.75 Å². The molecule has 182 valence electrons. The number of para-hydroxylation sites is 1. The third-order valence-electron chi connectivity index (χ3n) is 5.13. The molecule has 0 spiro atoms. The molecule has 1 saturated heterocycles. The molecule has 0 aliphatic carbocycles. The lowest BCUT2D eigenvalue weighted by atomic mass is 10.1. The Bertz CT molecular complexity index is 1120. The van der Waals surface area contributed by atoms with Gasteiger partial charge in [0.15, 0.2) is 0 Å². The molecule has 1 heterocycles. The van der Waals surface area contributed by atoms with E-state index in [1.165, 1.54) is 29.2 Å². The van der Waals surface area contributed by atoms with Crippen molar-refractivity contribution in [2.45, 2.75) is 13.0 Å². The molecule has 0 radical (unpaired) electrons. The van der Waals surface area contributed by atoms with Crippen LogP contribution in [0.15, 0.2) is 60.0 Å². The molecule has 2 aromatic carbocycles. The lowest BCUT2D eigenvalue weighted by molar-refractivity contribution is -0.132. The summed E-state index contributed by atoms with van der Waals surface area (Å²) in [6, 6.07) is 14.7. The maximum Gasteiger partial charge on any atom is 0.387 e. The van der Waals surface area contributed by atoms with Gasteiger partial charge in [-0.1, -0.05) is 42.5 Å². The van der Waals surface area contributed by atoms with Crippen molar-refractivity contribution in [1.82, 2.24) is 14.5 Å². The van der Waals surface area contributed by atoms with Crippen LogP contribution < -0.4 is 9.46 Å². The lowest BCUT2D eigenvalue weighted by Gasteiger charge is -2.35. The smallest absolute Gasteiger partial charge is 0.387 e. The molecule has 1 N–H and O–H groups in total. The van der Waals surface area contributed by atoms with E-state index in [1.54, 1.807) is 35.2 Å². The fourth-order valence-corrected chi connectivity index (χ4v) is 4.23. The third kappa shape index (κ3) is 7.35. The predicted octanol–water partition coefficient (Wildman–Crippen LogP) is 2.55. The second-order valence-corrected chi connectivity index (χ2v) is 9.10. The van der Waals surface area contributed by atoms with Gasteiger partial charge in [0, 0.05) is 44.6 Å². The Hall–Kier alpha value is -3.31. The summed E-state index contributed by atoms with van der Waals surface area (Å²) in [5.74, 6) is -0.904. The van der Waals surface area contributed by atoms with E-state index in [0.29, 0.717) is 0 Å². The maximum atomic E-state index is 12.7. The summed E-state index contributed by atoms with van der Waals surface area (Å²) in [5.41, 5.74) is 0.764. The SMILES string of the molecule is O=C(CCNS(=O)(=O)/C=C/c1ccccc1)N1CCN(C(=O)c2ccccc2OC(F)F)CC1. The van der Waals surface area contributed by atoms with Crippen molar-refractivity contribution in [3.05, 3.63) is 71.1 Å². The van der Waals surface area contributed by atoms with E-state index in [-0.39, 0.29) is 56.4 Å². The van der Waals surface area contributed by atoms with Crippen LogP contribution in [-0.2, 0) is 14.8 Å². The van der Waals surface area contributed by atoms with Gasteiger partial charge in [-0.3, -0.25) is 9.59 Å². The number of benzene rings is 2. The number of carbonyl (C=O) groups excluding carboxylic acids is 2. The van der Waals surface area contributed by atoms with Crippen LogP contribution in [0.2, 0.25) is 0 Å². The summed E-state index contributed by atoms with van der Waals surface area (Å²) >= 11 is 0. The summed E-state index contributed by atoms with van der Waals surface area (Å²) in [4.78, 5) is 28.2. The van der Waals surface area contributed by atoms with Crippen LogP contribution in [-0.4, -0.2) is 69.4 Å². The lowest BCUT2D eigenvalue weighted by Crippen LogP contribution is -2.51. The number of carbonyl (C=O) groups is 2. The van der Waals surface area contributed by atoms with Crippen molar-refractivity contribution in [3.63, 3.8) is 0 Å². The Morgan fingerprint density at radius 2 is 1.59 bits per heavy atom. The van der Waals surface area contributed by atoms with Gasteiger partial charge in [0.1, 0.15) is 5.75 Å². The molecule has 0 bridgehead atoms. The first-order valence-electron chi connectivity index (χ1n) is 10.6. The summed E-state index contributed by atoms with van der Waals surface area (Å²) < 4.78 is 56.2. The molecular weight excluding hydrogens is 468 g/mol. The molecule has 1 aliphatic heterocycles. The normalized spacial score (nSPS) is 14.6. The number of sulfonamides is 1. The van der Waals surface area contributed by atoms with E-state index in [4.69, 9.17) is 0 Å². The number of hydrogen-bond acceptors (Lipinski definition) is 5. The number of amides is 2. The van der Waals surface area contributed by atoms with Crippen LogP contribution in [0, 0.1) is 0 Å². The van der Waals surface area contributed by atoms with E-state index < -0.39 is 22.5 Å². The highest BCUT2D eigenvalue weighted by atomic mass is 32.2. The van der Waals surface area contributed by atoms with Crippen LogP contribution in [0.25, 0.3) is 6.08 Å². The average molecular weight is 494 g/mol. The highest BCUT2D eigenvalue weighted by molar-refractivity contribution is 7.92. The number of nitrogens with one attached hydrogen (secondary N) is 1. The van der Waals surface area contributed by atoms with Gasteiger partial charge in [-0.15, -0.1) is 0 Å². The summed E-state index contributed by atoms with van der Waals surface area (Å²) in [6.45, 7) is -2.16. The minimum atomic E-state index is -3.69. The molecule has 3 rings (SSSR count). The van der Waals surface area contributed by atoms with E-state index >= 15 is 0 Å². The molecule has 11 heteroatoms. The molecule has 1 fully saturated rings. The molecule has 0 atom stereocenters. The van der Waals surface area contributed by atoms with Crippen LogP contribution in [0.1, 0.15) is 22.3 Å². The molecule has 1 aliphatic rings. The molecule has 8 nitrogen and oxygen atoms in total. The summed E-state index contributed by atoms with van der Waals surface area (Å²) in [5, 5.41) is 1.05. The van der Waals surface area contributed by atoms with Crippen molar-refractivity contribution in [1.29, 1.82) is 0 Å². The monoisotopic (exact) mass is 493 g/mol. The van der Waals surface area contributed by atoms with Crippen LogP contribution in [0.4, 0.5) is 8.78 Å². The Morgan fingerprint density at radius 3 is 2.26 bits per heavy atom. The van der Waals surface area contributed by atoms with Gasteiger partial charge in [0.25, 0.3) is 5.91 Å². The predicted molar refractivity (Wildman–Crippen MR) is 123 cm³/mol. The Balaban J connectivity index is 1.46. The quantitative estimate of drug-likeness (QED) is 0.579. The Kier molecular flexibility index (Phi) is 8.72. The number of rotatable bonds is 9. The first kappa shape index (κ1) is 25.3. The zero-order valence-corrected chi connectivity index (χ0v) is 19.1. The van der Waals surface area contributed by atoms with Gasteiger partial charge in [-0.05, 0) is 23.8 Å². The zero-order chi connectivity index (χ0) is 24.6. The highest BCUT2D eigenvalue weighted by Gasteiger charge is 2.27. The molecule has 0 aromatic heterocycles. The molecule has 0 unspecified atom stereocenters. The first-order chi connectivity index (χ1) is 16.2. The van der Waals surface area contributed by atoms with Crippen molar-refractivity contribution in [2.75, 3.05) is 32.7 Å². The molecule has 2 aromatic rings. The second-order valence-electron chi connectivity index (χ2n) is 7.45. The zero-order valence-electron chi connectivity index (χ0n) is 18.3. The summed E-state index contributed by atoms with van der Waals surface area (Å²) in [7, 11) is -3.69. The second kappa shape index (κ2) is 11.7. The molecule has 2 amide bonds. The van der Waals surface area contributed by atoms with Gasteiger partial charge in [-0.25, -0.2) is 13.1 Å². The number of alkyl halides is 2.